The topological polar surface area (TPSA) is 78.2 Å². The molecule has 0 saturated carbocycles. The molecule has 0 radical (unpaired) electrons. The van der Waals surface area contributed by atoms with Crippen LogP contribution in [0.25, 0.3) is 11.2 Å². The SMILES string of the molecule is Cn1nnc2c(N3CCC4(CC3)OCCO4)nc(Cc3ccc(Cl)cc3Cl)nc21. The van der Waals surface area contributed by atoms with Crippen molar-refractivity contribution < 1.29 is 9.47 Å². The predicted molar refractivity (Wildman–Crippen MR) is 109 cm³/mol. The Morgan fingerprint density at radius 3 is 2.59 bits per heavy atom. The maximum absolute atomic E-state index is 6.36. The maximum Gasteiger partial charge on any atom is 0.183 e. The number of aromatic nitrogens is 5. The van der Waals surface area contributed by atoms with E-state index in [9.17, 15) is 0 Å². The molecule has 2 fully saturated rings. The van der Waals surface area contributed by atoms with E-state index in [1.54, 1.807) is 10.7 Å². The second kappa shape index (κ2) is 7.36. The van der Waals surface area contributed by atoms with E-state index in [0.29, 0.717) is 46.7 Å². The van der Waals surface area contributed by atoms with E-state index < -0.39 is 5.79 Å². The van der Waals surface area contributed by atoms with Gasteiger partial charge in [-0.1, -0.05) is 34.5 Å². The summed E-state index contributed by atoms with van der Waals surface area (Å²) in [6, 6.07) is 5.45. The third kappa shape index (κ3) is 3.54. The smallest absolute Gasteiger partial charge is 0.183 e. The van der Waals surface area contributed by atoms with Crippen molar-refractivity contribution in [3.63, 3.8) is 0 Å². The highest BCUT2D eigenvalue weighted by molar-refractivity contribution is 6.35. The van der Waals surface area contributed by atoms with Crippen LogP contribution in [0.1, 0.15) is 24.2 Å². The number of hydrogen-bond donors (Lipinski definition) is 0. The highest BCUT2D eigenvalue weighted by Gasteiger charge is 2.40. The second-order valence-corrected chi connectivity index (χ2v) is 8.20. The van der Waals surface area contributed by atoms with Gasteiger partial charge in [-0.15, -0.1) is 5.10 Å². The van der Waals surface area contributed by atoms with E-state index in [1.165, 1.54) is 0 Å². The second-order valence-electron chi connectivity index (χ2n) is 7.36. The molecule has 0 unspecified atom stereocenters. The van der Waals surface area contributed by atoms with E-state index in [4.69, 9.17) is 37.7 Å². The molecule has 2 saturated heterocycles. The lowest BCUT2D eigenvalue weighted by Crippen LogP contribution is -2.45. The van der Waals surface area contributed by atoms with Crippen molar-refractivity contribution >= 4 is 40.2 Å². The van der Waals surface area contributed by atoms with Crippen LogP contribution in [0.2, 0.25) is 10.0 Å². The average molecular weight is 435 g/mol. The van der Waals surface area contributed by atoms with Gasteiger partial charge in [0.25, 0.3) is 0 Å². The molecule has 5 rings (SSSR count). The molecule has 2 aliphatic heterocycles. The molecule has 0 bridgehead atoms. The Kier molecular flexibility index (Phi) is 4.82. The van der Waals surface area contributed by atoms with Crippen molar-refractivity contribution in [2.24, 2.45) is 7.05 Å². The minimum Gasteiger partial charge on any atom is -0.354 e. The summed E-state index contributed by atoms with van der Waals surface area (Å²) in [5.74, 6) is 1.01. The average Bonchev–Trinajstić information content (AvgIpc) is 3.32. The van der Waals surface area contributed by atoms with Gasteiger partial charge in [-0.3, -0.25) is 0 Å². The van der Waals surface area contributed by atoms with Crippen molar-refractivity contribution in [2.45, 2.75) is 25.0 Å². The molecule has 0 amide bonds. The van der Waals surface area contributed by atoms with E-state index in [2.05, 4.69) is 20.2 Å². The van der Waals surface area contributed by atoms with Crippen LogP contribution in [0.4, 0.5) is 5.82 Å². The zero-order valence-corrected chi connectivity index (χ0v) is 17.4. The summed E-state index contributed by atoms with van der Waals surface area (Å²) in [6.45, 7) is 2.86. The van der Waals surface area contributed by atoms with Gasteiger partial charge < -0.3 is 14.4 Å². The summed E-state index contributed by atoms with van der Waals surface area (Å²) < 4.78 is 13.4. The number of hydrogen-bond acceptors (Lipinski definition) is 7. The van der Waals surface area contributed by atoms with E-state index in [1.807, 2.05) is 19.2 Å². The first kappa shape index (κ1) is 19.0. The molecule has 2 aliphatic rings. The zero-order valence-electron chi connectivity index (χ0n) is 15.9. The van der Waals surface area contributed by atoms with Crippen molar-refractivity contribution in [3.05, 3.63) is 39.6 Å². The number of anilines is 1. The molecule has 0 aliphatic carbocycles. The first-order chi connectivity index (χ1) is 14.0. The fraction of sp³-hybridized carbons (Fsp3) is 0.474. The molecular formula is C19H20Cl2N6O2. The van der Waals surface area contributed by atoms with Crippen LogP contribution in [0.3, 0.4) is 0 Å². The fourth-order valence-electron chi connectivity index (χ4n) is 3.92. The number of rotatable bonds is 3. The van der Waals surface area contributed by atoms with Gasteiger partial charge in [-0.05, 0) is 17.7 Å². The van der Waals surface area contributed by atoms with Crippen LogP contribution in [-0.2, 0) is 22.9 Å². The number of benzene rings is 1. The number of halogens is 2. The van der Waals surface area contributed by atoms with Crippen molar-refractivity contribution in [2.75, 3.05) is 31.2 Å². The lowest BCUT2D eigenvalue weighted by Gasteiger charge is -2.38. The van der Waals surface area contributed by atoms with E-state index in [0.717, 1.165) is 37.3 Å². The predicted octanol–water partition coefficient (Wildman–Crippen LogP) is 3.00. The first-order valence-electron chi connectivity index (χ1n) is 9.56. The minimum atomic E-state index is -0.440. The fourth-order valence-corrected chi connectivity index (χ4v) is 4.40. The van der Waals surface area contributed by atoms with Gasteiger partial charge in [-0.25, -0.2) is 14.6 Å². The molecule has 10 heteroatoms. The number of fused-ring (bicyclic) bond motifs is 1. The summed E-state index contributed by atoms with van der Waals surface area (Å²) in [5.41, 5.74) is 2.31. The van der Waals surface area contributed by atoms with E-state index >= 15 is 0 Å². The third-order valence-corrected chi connectivity index (χ3v) is 6.07. The Morgan fingerprint density at radius 1 is 1.10 bits per heavy atom. The Labute approximate surface area is 177 Å². The van der Waals surface area contributed by atoms with Gasteiger partial charge >= 0.3 is 0 Å². The number of ether oxygens (including phenoxy) is 2. The summed E-state index contributed by atoms with van der Waals surface area (Å²) in [4.78, 5) is 11.7. The molecule has 2 aromatic heterocycles. The normalized spacial score (nSPS) is 18.8. The summed E-state index contributed by atoms with van der Waals surface area (Å²) in [5, 5.41) is 9.64. The molecule has 152 valence electrons. The highest BCUT2D eigenvalue weighted by atomic mass is 35.5. The van der Waals surface area contributed by atoms with Crippen molar-refractivity contribution in [3.8, 4) is 0 Å². The van der Waals surface area contributed by atoms with Gasteiger partial charge in [0, 0.05) is 49.4 Å². The lowest BCUT2D eigenvalue weighted by atomic mass is 10.0. The molecule has 1 aromatic carbocycles. The van der Waals surface area contributed by atoms with Crippen LogP contribution < -0.4 is 4.90 Å². The van der Waals surface area contributed by atoms with Crippen LogP contribution in [-0.4, -0.2) is 57.1 Å². The van der Waals surface area contributed by atoms with Gasteiger partial charge in [0.2, 0.25) is 0 Å². The highest BCUT2D eigenvalue weighted by Crippen LogP contribution is 2.34. The Morgan fingerprint density at radius 2 is 1.86 bits per heavy atom. The largest absolute Gasteiger partial charge is 0.354 e. The van der Waals surface area contributed by atoms with Crippen molar-refractivity contribution in [1.29, 1.82) is 0 Å². The summed E-state index contributed by atoms with van der Waals surface area (Å²) in [7, 11) is 1.83. The van der Waals surface area contributed by atoms with Crippen LogP contribution in [0.5, 0.6) is 0 Å². The van der Waals surface area contributed by atoms with Crippen LogP contribution in [0, 0.1) is 0 Å². The monoisotopic (exact) mass is 434 g/mol. The van der Waals surface area contributed by atoms with Gasteiger partial charge in [0.15, 0.2) is 22.8 Å². The molecule has 4 heterocycles. The quantitative estimate of drug-likeness (QED) is 0.626. The molecule has 8 nitrogen and oxygen atoms in total. The maximum atomic E-state index is 6.36. The Bertz CT molecular complexity index is 1060. The number of piperidine rings is 1. The van der Waals surface area contributed by atoms with E-state index in [-0.39, 0.29) is 0 Å². The number of nitrogens with zero attached hydrogens (tertiary/aromatic N) is 6. The van der Waals surface area contributed by atoms with Gasteiger partial charge in [0.05, 0.1) is 13.2 Å². The lowest BCUT2D eigenvalue weighted by molar-refractivity contribution is -0.169. The molecular weight excluding hydrogens is 415 g/mol. The number of aryl methyl sites for hydroxylation is 1. The summed E-state index contributed by atoms with van der Waals surface area (Å²) >= 11 is 12.4. The summed E-state index contributed by atoms with van der Waals surface area (Å²) in [6.07, 6.45) is 2.07. The molecule has 3 aromatic rings. The standard InChI is InChI=1S/C19H20Cl2N6O2/c1-26-17-16(24-25-26)18(27-6-4-19(5-7-27)28-8-9-29-19)23-15(22-17)10-12-2-3-13(20)11-14(12)21/h2-3,11H,4-10H2,1H3. The minimum absolute atomic E-state index is 0.440. The molecule has 29 heavy (non-hydrogen) atoms. The van der Waals surface area contributed by atoms with Gasteiger partial charge in [-0.2, -0.15) is 0 Å². The molecule has 0 atom stereocenters. The Hall–Kier alpha value is -2.00. The third-order valence-electron chi connectivity index (χ3n) is 5.48. The van der Waals surface area contributed by atoms with Crippen molar-refractivity contribution in [1.82, 2.24) is 25.0 Å². The van der Waals surface area contributed by atoms with Gasteiger partial charge in [0.1, 0.15) is 5.82 Å². The molecule has 0 N–H and O–H groups in total. The zero-order chi connectivity index (χ0) is 20.0. The molecule has 1 spiro atoms. The van der Waals surface area contributed by atoms with Crippen LogP contribution >= 0.6 is 23.2 Å². The Balaban J connectivity index is 1.48. The first-order valence-corrected chi connectivity index (χ1v) is 10.3. The van der Waals surface area contributed by atoms with Crippen LogP contribution in [0.15, 0.2) is 18.2 Å².